The summed E-state index contributed by atoms with van der Waals surface area (Å²) in [5.41, 5.74) is -0.364. The Morgan fingerprint density at radius 1 is 1.03 bits per heavy atom. The maximum absolute atomic E-state index is 14.8. The van der Waals surface area contributed by atoms with Gasteiger partial charge in [-0.05, 0) is 33.5 Å². The van der Waals surface area contributed by atoms with Crippen LogP contribution >= 0.6 is 11.6 Å². The molecule has 0 unspecified atom stereocenters. The number of rotatable bonds is 11. The highest BCUT2D eigenvalue weighted by Crippen LogP contribution is 2.31. The minimum Gasteiger partial charge on any atom is -0.493 e. The predicted molar refractivity (Wildman–Crippen MR) is 125 cm³/mol. The van der Waals surface area contributed by atoms with Crippen molar-refractivity contribution >= 4 is 17.4 Å². The van der Waals surface area contributed by atoms with E-state index in [1.165, 1.54) is 18.6 Å². The van der Waals surface area contributed by atoms with E-state index >= 15 is 0 Å². The standard InChI is InChI=1S/C23H24ClF5N6O/c1-35(2)7-3-4-8-36-14-9-17(25)15(18(26)10-14)11-16-20(24)33-22(19-12-30-5-6-31-19)34-21(16)32-13-23(27,28)29/h5-6,9-10,12H,3-4,7-8,11,13H2,1-2H3,(H,32,33,34). The lowest BCUT2D eigenvalue weighted by Crippen LogP contribution is -2.23. The van der Waals surface area contributed by atoms with Crippen LogP contribution in [-0.2, 0) is 6.42 Å². The first-order chi connectivity index (χ1) is 17.0. The molecule has 0 aliphatic heterocycles. The van der Waals surface area contributed by atoms with Crippen molar-refractivity contribution in [1.29, 1.82) is 0 Å². The van der Waals surface area contributed by atoms with E-state index in [4.69, 9.17) is 16.3 Å². The van der Waals surface area contributed by atoms with E-state index in [0.717, 1.165) is 25.1 Å². The van der Waals surface area contributed by atoms with Crippen LogP contribution in [0.3, 0.4) is 0 Å². The van der Waals surface area contributed by atoms with Crippen molar-refractivity contribution in [3.63, 3.8) is 0 Å². The molecule has 2 aromatic heterocycles. The fourth-order valence-corrected chi connectivity index (χ4v) is 3.44. The quantitative estimate of drug-likeness (QED) is 0.209. The Bertz CT molecular complexity index is 1140. The lowest BCUT2D eigenvalue weighted by molar-refractivity contribution is -0.115. The molecule has 0 saturated heterocycles. The smallest absolute Gasteiger partial charge is 0.405 e. The fourth-order valence-electron chi connectivity index (χ4n) is 3.20. The second-order valence-corrected chi connectivity index (χ2v) is 8.48. The molecule has 0 fully saturated rings. The molecule has 3 rings (SSSR count). The van der Waals surface area contributed by atoms with Crippen LogP contribution in [-0.4, -0.2) is 64.8 Å². The number of halogens is 6. The first kappa shape index (κ1) is 27.5. The lowest BCUT2D eigenvalue weighted by Gasteiger charge is -2.16. The topological polar surface area (TPSA) is 76.1 Å². The van der Waals surface area contributed by atoms with Crippen LogP contribution in [0, 0.1) is 11.6 Å². The van der Waals surface area contributed by atoms with E-state index < -0.39 is 36.3 Å². The van der Waals surface area contributed by atoms with Gasteiger partial charge in [0.25, 0.3) is 0 Å². The van der Waals surface area contributed by atoms with Crippen LogP contribution in [0.15, 0.2) is 30.7 Å². The average Bonchev–Trinajstić information content (AvgIpc) is 2.80. The highest BCUT2D eigenvalue weighted by molar-refractivity contribution is 6.30. The van der Waals surface area contributed by atoms with Crippen molar-refractivity contribution in [3.8, 4) is 17.3 Å². The van der Waals surface area contributed by atoms with E-state index in [0.29, 0.717) is 6.42 Å². The molecule has 0 aliphatic carbocycles. The van der Waals surface area contributed by atoms with E-state index in [1.54, 1.807) is 0 Å². The van der Waals surface area contributed by atoms with Crippen molar-refractivity contribution < 1.29 is 26.7 Å². The number of unbranched alkanes of at least 4 members (excludes halogenated alkanes) is 1. The van der Waals surface area contributed by atoms with E-state index in [-0.39, 0.29) is 40.4 Å². The van der Waals surface area contributed by atoms with Crippen molar-refractivity contribution in [3.05, 3.63) is 58.6 Å². The summed E-state index contributed by atoms with van der Waals surface area (Å²) < 4.78 is 73.8. The van der Waals surface area contributed by atoms with Gasteiger partial charge in [-0.15, -0.1) is 0 Å². The van der Waals surface area contributed by atoms with Crippen LogP contribution in [0.1, 0.15) is 24.0 Å². The largest absolute Gasteiger partial charge is 0.493 e. The Labute approximate surface area is 209 Å². The van der Waals surface area contributed by atoms with Crippen LogP contribution in [0.4, 0.5) is 27.8 Å². The normalized spacial score (nSPS) is 11.7. The number of alkyl halides is 3. The first-order valence-corrected chi connectivity index (χ1v) is 11.3. The van der Waals surface area contributed by atoms with Gasteiger partial charge in [-0.1, -0.05) is 11.6 Å². The molecule has 36 heavy (non-hydrogen) atoms. The van der Waals surface area contributed by atoms with Gasteiger partial charge in [0.2, 0.25) is 0 Å². The number of benzene rings is 1. The van der Waals surface area contributed by atoms with Gasteiger partial charge in [0.15, 0.2) is 5.82 Å². The molecule has 0 amide bonds. The molecular formula is C23H24ClF5N6O. The van der Waals surface area contributed by atoms with Gasteiger partial charge in [0.1, 0.15) is 40.6 Å². The summed E-state index contributed by atoms with van der Waals surface area (Å²) in [6, 6.07) is 2.05. The molecule has 1 aromatic carbocycles. The average molecular weight is 531 g/mol. The number of nitrogens with one attached hydrogen (secondary N) is 1. The van der Waals surface area contributed by atoms with Crippen molar-refractivity contribution in [2.24, 2.45) is 0 Å². The summed E-state index contributed by atoms with van der Waals surface area (Å²) in [5.74, 6) is -2.29. The third-order valence-electron chi connectivity index (χ3n) is 4.94. The number of aromatic nitrogens is 4. The van der Waals surface area contributed by atoms with E-state index in [1.807, 2.05) is 19.0 Å². The zero-order valence-electron chi connectivity index (χ0n) is 19.5. The van der Waals surface area contributed by atoms with Crippen molar-refractivity contribution in [2.45, 2.75) is 25.4 Å². The number of hydrogen-bond acceptors (Lipinski definition) is 7. The Kier molecular flexibility index (Phi) is 9.32. The maximum Gasteiger partial charge on any atom is 0.405 e. The number of hydrogen-bond donors (Lipinski definition) is 1. The first-order valence-electron chi connectivity index (χ1n) is 10.9. The molecule has 0 spiro atoms. The Hall–Kier alpha value is -3.12. The molecule has 13 heteroatoms. The summed E-state index contributed by atoms with van der Waals surface area (Å²) in [7, 11) is 3.88. The molecule has 0 radical (unpaired) electrons. The zero-order valence-corrected chi connectivity index (χ0v) is 20.3. The maximum atomic E-state index is 14.8. The molecule has 0 aliphatic rings. The SMILES string of the molecule is CN(C)CCCCOc1cc(F)c(Cc2c(Cl)nc(-c3cnccn3)nc2NCC(F)(F)F)c(F)c1. The third-order valence-corrected chi connectivity index (χ3v) is 5.25. The summed E-state index contributed by atoms with van der Waals surface area (Å²) in [4.78, 5) is 18.0. The van der Waals surface area contributed by atoms with Gasteiger partial charge in [0, 0.05) is 42.1 Å². The summed E-state index contributed by atoms with van der Waals surface area (Å²) >= 11 is 6.25. The third kappa shape index (κ3) is 7.95. The van der Waals surface area contributed by atoms with Crippen LogP contribution in [0.25, 0.3) is 11.5 Å². The second-order valence-electron chi connectivity index (χ2n) is 8.13. The summed E-state index contributed by atoms with van der Waals surface area (Å²) in [6.07, 6.45) is 0.516. The van der Waals surface area contributed by atoms with Crippen LogP contribution in [0.5, 0.6) is 5.75 Å². The van der Waals surface area contributed by atoms with Gasteiger partial charge >= 0.3 is 6.18 Å². The van der Waals surface area contributed by atoms with Crippen molar-refractivity contribution in [1.82, 2.24) is 24.8 Å². The van der Waals surface area contributed by atoms with Gasteiger partial charge < -0.3 is 15.0 Å². The van der Waals surface area contributed by atoms with Crippen LogP contribution < -0.4 is 10.1 Å². The van der Waals surface area contributed by atoms with Crippen LogP contribution in [0.2, 0.25) is 5.15 Å². The van der Waals surface area contributed by atoms with Gasteiger partial charge in [0.05, 0.1) is 12.8 Å². The molecule has 2 heterocycles. The molecule has 0 atom stereocenters. The molecule has 3 aromatic rings. The minimum atomic E-state index is -4.58. The predicted octanol–water partition coefficient (Wildman–Crippen LogP) is 5.15. The monoisotopic (exact) mass is 530 g/mol. The van der Waals surface area contributed by atoms with E-state index in [2.05, 4.69) is 25.3 Å². The van der Waals surface area contributed by atoms with Gasteiger partial charge in [-0.2, -0.15) is 13.2 Å². The van der Waals surface area contributed by atoms with Gasteiger partial charge in [-0.3, -0.25) is 4.98 Å². The highest BCUT2D eigenvalue weighted by atomic mass is 35.5. The number of anilines is 1. The Morgan fingerprint density at radius 2 is 1.75 bits per heavy atom. The second kappa shape index (κ2) is 12.2. The molecule has 0 saturated carbocycles. The minimum absolute atomic E-state index is 0.00868. The Balaban J connectivity index is 1.86. The molecule has 1 N–H and O–H groups in total. The molecule has 194 valence electrons. The lowest BCUT2D eigenvalue weighted by atomic mass is 10.0. The zero-order chi connectivity index (χ0) is 26.3. The molecule has 7 nitrogen and oxygen atoms in total. The highest BCUT2D eigenvalue weighted by Gasteiger charge is 2.28. The Morgan fingerprint density at radius 3 is 2.36 bits per heavy atom. The summed E-state index contributed by atoms with van der Waals surface area (Å²) in [6.45, 7) is -0.311. The fraction of sp³-hybridized carbons (Fsp3) is 0.391. The summed E-state index contributed by atoms with van der Waals surface area (Å²) in [5, 5.41) is 1.86. The van der Waals surface area contributed by atoms with E-state index in [9.17, 15) is 22.0 Å². The molecular weight excluding hydrogens is 507 g/mol. The van der Waals surface area contributed by atoms with Gasteiger partial charge in [-0.25, -0.2) is 23.7 Å². The number of ether oxygens (including phenoxy) is 1. The number of nitrogens with zero attached hydrogens (tertiary/aromatic N) is 5. The van der Waals surface area contributed by atoms with Crippen molar-refractivity contribution in [2.75, 3.05) is 39.1 Å². The molecule has 0 bridgehead atoms.